The molecule has 0 unspecified atom stereocenters. The third-order valence-electron chi connectivity index (χ3n) is 4.39. The quantitative estimate of drug-likeness (QED) is 0.529. The second-order valence-electron chi connectivity index (χ2n) is 6.49. The first-order valence-electron chi connectivity index (χ1n) is 8.45. The van der Waals surface area contributed by atoms with Gasteiger partial charge in [-0.15, -0.1) is 0 Å². The first-order chi connectivity index (χ1) is 12.4. The Kier molecular flexibility index (Phi) is 4.80. The Bertz CT molecular complexity index is 1010. The van der Waals surface area contributed by atoms with E-state index in [2.05, 4.69) is 43.4 Å². The molecule has 26 heavy (non-hydrogen) atoms. The minimum absolute atomic E-state index is 0.126. The number of fused-ring (bicyclic) bond motifs is 1. The molecule has 2 aromatic carbocycles. The molecule has 0 aliphatic heterocycles. The molecule has 0 saturated heterocycles. The predicted octanol–water partition coefficient (Wildman–Crippen LogP) is 4.71. The van der Waals surface area contributed by atoms with Crippen LogP contribution in [0.25, 0.3) is 10.9 Å². The van der Waals surface area contributed by atoms with Gasteiger partial charge in [-0.3, -0.25) is 5.43 Å². The maximum absolute atomic E-state index is 10.1. The van der Waals surface area contributed by atoms with E-state index in [1.165, 1.54) is 5.56 Å². The first kappa shape index (κ1) is 17.7. The molecule has 1 heterocycles. The summed E-state index contributed by atoms with van der Waals surface area (Å²) in [6, 6.07) is 11.4. The van der Waals surface area contributed by atoms with Crippen LogP contribution in [0.1, 0.15) is 29.2 Å². The topological polar surface area (TPSA) is 66.7 Å². The van der Waals surface area contributed by atoms with Crippen molar-refractivity contribution in [2.75, 3.05) is 12.5 Å². The Morgan fingerprint density at radius 2 is 1.85 bits per heavy atom. The lowest BCUT2D eigenvalue weighted by Crippen LogP contribution is -2.02. The zero-order chi connectivity index (χ0) is 18.8. The lowest BCUT2D eigenvalue weighted by Gasteiger charge is -2.10. The SMILES string of the molecule is COc1ccc(C(C)=NNc2cc(C)c3cc(C)cc(C)c3n2)c(O)c1. The first-order valence-corrected chi connectivity index (χ1v) is 8.45. The van der Waals surface area contributed by atoms with Crippen molar-refractivity contribution in [2.45, 2.75) is 27.7 Å². The van der Waals surface area contributed by atoms with Crippen molar-refractivity contribution in [2.24, 2.45) is 5.10 Å². The largest absolute Gasteiger partial charge is 0.507 e. The molecule has 0 aliphatic rings. The number of phenols is 1. The van der Waals surface area contributed by atoms with E-state index in [1.54, 1.807) is 25.3 Å². The number of anilines is 1. The van der Waals surface area contributed by atoms with E-state index in [1.807, 2.05) is 13.0 Å². The second kappa shape index (κ2) is 7.04. The van der Waals surface area contributed by atoms with Gasteiger partial charge in [-0.1, -0.05) is 11.6 Å². The monoisotopic (exact) mass is 349 g/mol. The van der Waals surface area contributed by atoms with E-state index in [-0.39, 0.29) is 5.75 Å². The molecule has 2 N–H and O–H groups in total. The molecule has 3 rings (SSSR count). The van der Waals surface area contributed by atoms with Crippen LogP contribution in [0.5, 0.6) is 11.5 Å². The van der Waals surface area contributed by atoms with Crippen molar-refractivity contribution in [3.05, 3.63) is 58.7 Å². The third-order valence-corrected chi connectivity index (χ3v) is 4.39. The van der Waals surface area contributed by atoms with E-state index in [4.69, 9.17) is 9.72 Å². The van der Waals surface area contributed by atoms with Crippen LogP contribution in [-0.4, -0.2) is 22.9 Å². The van der Waals surface area contributed by atoms with Gasteiger partial charge in [0.05, 0.1) is 18.3 Å². The van der Waals surface area contributed by atoms with E-state index >= 15 is 0 Å². The van der Waals surface area contributed by atoms with Crippen LogP contribution < -0.4 is 10.2 Å². The number of hydrogen-bond acceptors (Lipinski definition) is 5. The smallest absolute Gasteiger partial charge is 0.147 e. The lowest BCUT2D eigenvalue weighted by atomic mass is 10.0. The normalized spacial score (nSPS) is 11.7. The van der Waals surface area contributed by atoms with E-state index in [0.717, 1.165) is 22.0 Å². The minimum Gasteiger partial charge on any atom is -0.507 e. The van der Waals surface area contributed by atoms with Gasteiger partial charge in [-0.25, -0.2) is 4.98 Å². The zero-order valence-electron chi connectivity index (χ0n) is 15.7. The molecule has 0 radical (unpaired) electrons. The highest BCUT2D eigenvalue weighted by Gasteiger charge is 2.08. The fourth-order valence-corrected chi connectivity index (χ4v) is 3.05. The number of aryl methyl sites for hydroxylation is 3. The average molecular weight is 349 g/mol. The number of phenolic OH excluding ortho intramolecular Hbond substituents is 1. The van der Waals surface area contributed by atoms with Gasteiger partial charge in [-0.05, 0) is 63.1 Å². The summed E-state index contributed by atoms with van der Waals surface area (Å²) >= 11 is 0. The molecular weight excluding hydrogens is 326 g/mol. The van der Waals surface area contributed by atoms with Gasteiger partial charge in [0.2, 0.25) is 0 Å². The molecule has 0 bridgehead atoms. The van der Waals surface area contributed by atoms with Crippen LogP contribution in [-0.2, 0) is 0 Å². The van der Waals surface area contributed by atoms with Crippen LogP contribution in [0.15, 0.2) is 41.5 Å². The predicted molar refractivity (Wildman–Crippen MR) is 106 cm³/mol. The number of methoxy groups -OCH3 is 1. The van der Waals surface area contributed by atoms with Crippen LogP contribution in [0.3, 0.4) is 0 Å². The molecule has 0 spiro atoms. The number of aromatic nitrogens is 1. The summed E-state index contributed by atoms with van der Waals surface area (Å²) < 4.78 is 5.11. The van der Waals surface area contributed by atoms with Gasteiger partial charge >= 0.3 is 0 Å². The summed E-state index contributed by atoms with van der Waals surface area (Å²) in [6.45, 7) is 8.06. The molecule has 0 fully saturated rings. The van der Waals surface area contributed by atoms with Gasteiger partial charge in [-0.2, -0.15) is 5.10 Å². The maximum Gasteiger partial charge on any atom is 0.147 e. The summed E-state index contributed by atoms with van der Waals surface area (Å²) in [5.41, 5.74) is 8.79. The number of rotatable bonds is 4. The third kappa shape index (κ3) is 3.47. The fourth-order valence-electron chi connectivity index (χ4n) is 3.05. The van der Waals surface area contributed by atoms with Crippen molar-refractivity contribution in [1.29, 1.82) is 0 Å². The molecule has 1 aromatic heterocycles. The highest BCUT2D eigenvalue weighted by molar-refractivity contribution is 6.01. The molecular formula is C21H23N3O2. The lowest BCUT2D eigenvalue weighted by molar-refractivity contribution is 0.407. The van der Waals surface area contributed by atoms with Crippen molar-refractivity contribution in [1.82, 2.24) is 4.98 Å². The number of aromatic hydroxyl groups is 1. The highest BCUT2D eigenvalue weighted by Crippen LogP contribution is 2.26. The van der Waals surface area contributed by atoms with Gasteiger partial charge in [0, 0.05) is 17.0 Å². The second-order valence-corrected chi connectivity index (χ2v) is 6.49. The van der Waals surface area contributed by atoms with Gasteiger partial charge in [0.15, 0.2) is 0 Å². The summed E-state index contributed by atoms with van der Waals surface area (Å²) in [5, 5.41) is 15.7. The van der Waals surface area contributed by atoms with Gasteiger partial charge in [0.25, 0.3) is 0 Å². The number of nitrogens with zero attached hydrogens (tertiary/aromatic N) is 2. The maximum atomic E-state index is 10.1. The highest BCUT2D eigenvalue weighted by atomic mass is 16.5. The minimum atomic E-state index is 0.126. The molecule has 0 atom stereocenters. The van der Waals surface area contributed by atoms with Crippen LogP contribution in [0.2, 0.25) is 0 Å². The number of pyridine rings is 1. The summed E-state index contributed by atoms with van der Waals surface area (Å²) in [4.78, 5) is 4.69. The summed E-state index contributed by atoms with van der Waals surface area (Å²) in [5.74, 6) is 1.40. The zero-order valence-corrected chi connectivity index (χ0v) is 15.7. The molecule has 134 valence electrons. The number of nitrogens with one attached hydrogen (secondary N) is 1. The van der Waals surface area contributed by atoms with Crippen LogP contribution >= 0.6 is 0 Å². The Morgan fingerprint density at radius 3 is 2.54 bits per heavy atom. The van der Waals surface area contributed by atoms with E-state index < -0.39 is 0 Å². The fraction of sp³-hybridized carbons (Fsp3) is 0.238. The Morgan fingerprint density at radius 1 is 1.08 bits per heavy atom. The van der Waals surface area contributed by atoms with Crippen molar-refractivity contribution in [3.63, 3.8) is 0 Å². The van der Waals surface area contributed by atoms with Crippen LogP contribution in [0, 0.1) is 20.8 Å². The molecule has 5 nitrogen and oxygen atoms in total. The number of ether oxygens (including phenoxy) is 1. The Balaban J connectivity index is 1.92. The average Bonchev–Trinajstić information content (AvgIpc) is 2.60. The summed E-state index contributed by atoms with van der Waals surface area (Å²) in [6.07, 6.45) is 0. The van der Waals surface area contributed by atoms with Crippen molar-refractivity contribution in [3.8, 4) is 11.5 Å². The number of hydrogen-bond donors (Lipinski definition) is 2. The molecule has 0 aliphatic carbocycles. The number of hydrazone groups is 1. The van der Waals surface area contributed by atoms with Gasteiger partial charge < -0.3 is 9.84 Å². The molecule has 0 amide bonds. The number of benzene rings is 2. The molecule has 3 aromatic rings. The Labute approximate surface area is 153 Å². The van der Waals surface area contributed by atoms with Crippen LogP contribution in [0.4, 0.5) is 5.82 Å². The van der Waals surface area contributed by atoms with E-state index in [9.17, 15) is 5.11 Å². The molecule has 5 heteroatoms. The molecule has 0 saturated carbocycles. The van der Waals surface area contributed by atoms with Crippen molar-refractivity contribution >= 4 is 22.4 Å². The Hall–Kier alpha value is -3.08. The van der Waals surface area contributed by atoms with E-state index in [0.29, 0.717) is 22.8 Å². The summed E-state index contributed by atoms with van der Waals surface area (Å²) in [7, 11) is 1.56. The standard InChI is InChI=1S/C21H23N3O2/c1-12-8-14(3)21-18(9-12)13(2)10-20(22-21)24-23-15(4)17-7-6-16(26-5)11-19(17)25/h6-11,25H,1-5H3,(H,22,24). The van der Waals surface area contributed by atoms with Gasteiger partial charge in [0.1, 0.15) is 17.3 Å². The van der Waals surface area contributed by atoms with Crippen molar-refractivity contribution < 1.29 is 9.84 Å².